The van der Waals surface area contributed by atoms with E-state index in [1.807, 2.05) is 0 Å². The summed E-state index contributed by atoms with van der Waals surface area (Å²) in [4.78, 5) is 28.4. The van der Waals surface area contributed by atoms with Crippen LogP contribution in [-0.4, -0.2) is 30.7 Å². The highest BCUT2D eigenvalue weighted by Crippen LogP contribution is 2.25. The van der Waals surface area contributed by atoms with E-state index in [0.29, 0.717) is 18.0 Å². The average Bonchev–Trinajstić information content (AvgIpc) is 2.67. The van der Waals surface area contributed by atoms with Gasteiger partial charge >= 0.3 is 12.0 Å². The van der Waals surface area contributed by atoms with Crippen molar-refractivity contribution < 1.29 is 19.1 Å². The lowest BCUT2D eigenvalue weighted by molar-refractivity contribution is -0.142. The van der Waals surface area contributed by atoms with E-state index in [0.717, 1.165) is 5.56 Å². The molecule has 0 saturated heterocycles. The Morgan fingerprint density at radius 1 is 1.26 bits per heavy atom. The third-order valence-corrected chi connectivity index (χ3v) is 3.89. The first-order valence-corrected chi connectivity index (χ1v) is 8.37. The second kappa shape index (κ2) is 9.38. The van der Waals surface area contributed by atoms with E-state index in [-0.39, 0.29) is 6.42 Å². The number of urea groups is 1. The molecule has 0 radical (unpaired) electrons. The third kappa shape index (κ3) is 5.85. The predicted octanol–water partition coefficient (Wildman–Crippen LogP) is 3.25. The van der Waals surface area contributed by atoms with Crippen molar-refractivity contribution in [2.24, 2.45) is 0 Å². The van der Waals surface area contributed by atoms with Crippen LogP contribution in [-0.2, 0) is 15.1 Å². The topological polar surface area (TPSA) is 89.6 Å². The van der Waals surface area contributed by atoms with Gasteiger partial charge in [0.05, 0.1) is 19.1 Å². The van der Waals surface area contributed by atoms with Gasteiger partial charge in [-0.3, -0.25) is 9.78 Å². The highest BCUT2D eigenvalue weighted by Gasteiger charge is 2.32. The zero-order valence-corrected chi connectivity index (χ0v) is 15.4. The van der Waals surface area contributed by atoms with Crippen molar-refractivity contribution in [1.82, 2.24) is 10.3 Å². The lowest BCUT2D eigenvalue weighted by atomic mass is 9.89. The summed E-state index contributed by atoms with van der Waals surface area (Å²) in [6.45, 7) is 5.72. The lowest BCUT2D eigenvalue weighted by Gasteiger charge is -2.30. The van der Waals surface area contributed by atoms with Crippen molar-refractivity contribution in [3.05, 3.63) is 67.0 Å². The molecule has 7 nitrogen and oxygen atoms in total. The molecule has 27 heavy (non-hydrogen) atoms. The number of rotatable bonds is 8. The summed E-state index contributed by atoms with van der Waals surface area (Å²) in [5, 5.41) is 5.60. The van der Waals surface area contributed by atoms with E-state index in [1.165, 1.54) is 7.11 Å². The largest absolute Gasteiger partial charge is 0.489 e. The molecule has 1 heterocycles. The first-order valence-electron chi connectivity index (χ1n) is 8.37. The van der Waals surface area contributed by atoms with Crippen LogP contribution in [0.15, 0.2) is 61.4 Å². The van der Waals surface area contributed by atoms with Crippen molar-refractivity contribution in [1.29, 1.82) is 0 Å². The Labute approximate surface area is 158 Å². The number of anilines is 1. The SMILES string of the molecule is C=CCOc1cccc(NC(=O)N[C@](C)(CC(=O)OC)c2ccncc2)c1. The van der Waals surface area contributed by atoms with Crippen molar-refractivity contribution >= 4 is 17.7 Å². The van der Waals surface area contributed by atoms with E-state index in [4.69, 9.17) is 9.47 Å². The standard InChI is InChI=1S/C20H23N3O4/c1-4-12-27-17-7-5-6-16(13-17)22-19(25)23-20(2,14-18(24)26-3)15-8-10-21-11-9-15/h4-11,13H,1,12,14H2,2-3H3,(H2,22,23,25)/t20-/m1/s1. The smallest absolute Gasteiger partial charge is 0.319 e. The zero-order valence-electron chi connectivity index (χ0n) is 15.4. The quantitative estimate of drug-likeness (QED) is 0.551. The minimum Gasteiger partial charge on any atom is -0.489 e. The maximum atomic E-state index is 12.5. The Morgan fingerprint density at radius 3 is 2.67 bits per heavy atom. The molecule has 0 saturated carbocycles. The van der Waals surface area contributed by atoms with E-state index < -0.39 is 17.5 Å². The van der Waals surface area contributed by atoms with Crippen molar-refractivity contribution in [3.8, 4) is 5.75 Å². The molecule has 0 fully saturated rings. The summed E-state index contributed by atoms with van der Waals surface area (Å²) in [5.74, 6) is 0.175. The van der Waals surface area contributed by atoms with Gasteiger partial charge in [0.25, 0.3) is 0 Å². The molecule has 1 aromatic heterocycles. The van der Waals surface area contributed by atoms with Crippen molar-refractivity contribution in [2.75, 3.05) is 19.0 Å². The Hall–Kier alpha value is -3.35. The number of hydrogen-bond acceptors (Lipinski definition) is 5. The molecule has 1 atom stereocenters. The lowest BCUT2D eigenvalue weighted by Crippen LogP contribution is -2.47. The maximum Gasteiger partial charge on any atom is 0.319 e. The Bertz CT molecular complexity index is 795. The Kier molecular flexibility index (Phi) is 6.93. The number of nitrogens with zero attached hydrogens (tertiary/aromatic N) is 1. The first-order chi connectivity index (χ1) is 13.0. The fourth-order valence-electron chi connectivity index (χ4n) is 2.53. The predicted molar refractivity (Wildman–Crippen MR) is 103 cm³/mol. The second-order valence-electron chi connectivity index (χ2n) is 6.03. The van der Waals surface area contributed by atoms with Gasteiger partial charge in [0.2, 0.25) is 0 Å². The molecule has 0 aliphatic carbocycles. The Morgan fingerprint density at radius 2 is 2.00 bits per heavy atom. The number of methoxy groups -OCH3 is 1. The molecule has 0 bridgehead atoms. The molecule has 0 aliphatic rings. The molecule has 2 aromatic rings. The molecular formula is C20H23N3O4. The molecule has 7 heteroatoms. The monoisotopic (exact) mass is 369 g/mol. The number of pyridine rings is 1. The van der Waals surface area contributed by atoms with Gasteiger partial charge in [-0.05, 0) is 36.8 Å². The van der Waals surface area contributed by atoms with Gasteiger partial charge in [-0.1, -0.05) is 18.7 Å². The maximum absolute atomic E-state index is 12.5. The summed E-state index contributed by atoms with van der Waals surface area (Å²) in [6.07, 6.45) is 4.82. The van der Waals surface area contributed by atoms with Crippen molar-refractivity contribution in [3.63, 3.8) is 0 Å². The number of ether oxygens (including phenoxy) is 2. The van der Waals surface area contributed by atoms with Crippen LogP contribution in [0.4, 0.5) is 10.5 Å². The number of hydrogen-bond donors (Lipinski definition) is 2. The normalized spacial score (nSPS) is 12.4. The molecule has 142 valence electrons. The van der Waals surface area contributed by atoms with Gasteiger partial charge in [-0.25, -0.2) is 4.79 Å². The molecule has 2 rings (SSSR count). The number of amides is 2. The summed E-state index contributed by atoms with van der Waals surface area (Å²) < 4.78 is 10.2. The molecule has 1 aromatic carbocycles. The number of esters is 1. The van der Waals surface area contributed by atoms with Crippen LogP contribution in [0.5, 0.6) is 5.75 Å². The van der Waals surface area contributed by atoms with Crippen LogP contribution in [0.25, 0.3) is 0 Å². The summed E-state index contributed by atoms with van der Waals surface area (Å²) in [7, 11) is 1.31. The van der Waals surface area contributed by atoms with Crippen LogP contribution >= 0.6 is 0 Å². The molecule has 0 unspecified atom stereocenters. The van der Waals surface area contributed by atoms with E-state index >= 15 is 0 Å². The van der Waals surface area contributed by atoms with Crippen LogP contribution in [0, 0.1) is 0 Å². The van der Waals surface area contributed by atoms with Gasteiger partial charge in [0.1, 0.15) is 12.4 Å². The summed E-state index contributed by atoms with van der Waals surface area (Å²) >= 11 is 0. The van der Waals surface area contributed by atoms with Gasteiger partial charge in [-0.2, -0.15) is 0 Å². The number of carbonyl (C=O) groups is 2. The van der Waals surface area contributed by atoms with E-state index in [1.54, 1.807) is 61.8 Å². The highest BCUT2D eigenvalue weighted by molar-refractivity contribution is 5.90. The Balaban J connectivity index is 2.14. The van der Waals surface area contributed by atoms with Crippen LogP contribution in [0.3, 0.4) is 0 Å². The van der Waals surface area contributed by atoms with Crippen molar-refractivity contribution in [2.45, 2.75) is 18.9 Å². The van der Waals surface area contributed by atoms with E-state index in [2.05, 4.69) is 22.2 Å². The third-order valence-electron chi connectivity index (χ3n) is 3.89. The van der Waals surface area contributed by atoms with Gasteiger partial charge in [0.15, 0.2) is 0 Å². The molecule has 2 amide bonds. The molecular weight excluding hydrogens is 346 g/mol. The minimum absolute atomic E-state index is 0.0244. The second-order valence-corrected chi connectivity index (χ2v) is 6.03. The van der Waals surface area contributed by atoms with Gasteiger partial charge < -0.3 is 20.1 Å². The summed E-state index contributed by atoms with van der Waals surface area (Å²) in [5.41, 5.74) is 0.335. The molecule has 0 aliphatic heterocycles. The highest BCUT2D eigenvalue weighted by atomic mass is 16.5. The molecule has 2 N–H and O–H groups in total. The molecule has 0 spiro atoms. The van der Waals surface area contributed by atoms with Crippen LogP contribution < -0.4 is 15.4 Å². The van der Waals surface area contributed by atoms with Gasteiger partial charge in [0, 0.05) is 24.1 Å². The number of aromatic nitrogens is 1. The minimum atomic E-state index is -0.961. The van der Waals surface area contributed by atoms with Gasteiger partial charge in [-0.15, -0.1) is 0 Å². The van der Waals surface area contributed by atoms with Crippen LogP contribution in [0.2, 0.25) is 0 Å². The van der Waals surface area contributed by atoms with Crippen LogP contribution in [0.1, 0.15) is 18.9 Å². The number of benzene rings is 1. The fraction of sp³-hybridized carbons (Fsp3) is 0.250. The first kappa shape index (κ1) is 20.0. The zero-order chi connectivity index (χ0) is 19.7. The fourth-order valence-corrected chi connectivity index (χ4v) is 2.53. The number of carbonyl (C=O) groups excluding carboxylic acids is 2. The van der Waals surface area contributed by atoms with E-state index in [9.17, 15) is 9.59 Å². The average molecular weight is 369 g/mol. The number of nitrogens with one attached hydrogen (secondary N) is 2. The summed E-state index contributed by atoms with van der Waals surface area (Å²) in [6, 6.07) is 10.0.